The highest BCUT2D eigenvalue weighted by atomic mass is 15.0. The number of hydrogen-bond donors (Lipinski definition) is 0. The molecule has 280 valence electrons. The average Bonchev–Trinajstić information content (AvgIpc) is 3.83. The molecule has 12 aromatic rings. The van der Waals surface area contributed by atoms with Crippen LogP contribution in [0.1, 0.15) is 17.7 Å². The van der Waals surface area contributed by atoms with E-state index in [2.05, 4.69) is 215 Å². The highest BCUT2D eigenvalue weighted by molar-refractivity contribution is 6.24. The van der Waals surface area contributed by atoms with Gasteiger partial charge in [-0.25, -0.2) is 0 Å². The van der Waals surface area contributed by atoms with Crippen LogP contribution >= 0.6 is 0 Å². The van der Waals surface area contributed by atoms with Crippen LogP contribution in [-0.4, -0.2) is 9.13 Å². The third-order valence-corrected chi connectivity index (χ3v) is 13.1. The first-order chi connectivity index (χ1) is 29.8. The number of fused-ring (bicyclic) bond motifs is 10. The van der Waals surface area contributed by atoms with E-state index in [1.165, 1.54) is 115 Å². The molecule has 1 aliphatic carbocycles. The third-order valence-electron chi connectivity index (χ3n) is 13.1. The van der Waals surface area contributed by atoms with Gasteiger partial charge in [-0.1, -0.05) is 152 Å². The van der Waals surface area contributed by atoms with Gasteiger partial charge in [-0.15, -0.1) is 0 Å². The second-order valence-corrected chi connectivity index (χ2v) is 16.3. The van der Waals surface area contributed by atoms with Gasteiger partial charge in [-0.2, -0.15) is 0 Å². The van der Waals surface area contributed by atoms with Crippen LogP contribution in [0.15, 0.2) is 200 Å². The van der Waals surface area contributed by atoms with Crippen LogP contribution in [0.25, 0.3) is 116 Å². The van der Waals surface area contributed by atoms with E-state index in [0.717, 1.165) is 18.5 Å². The lowest BCUT2D eigenvalue weighted by atomic mass is 9.84. The summed E-state index contributed by atoms with van der Waals surface area (Å²) in [7, 11) is 0. The fourth-order valence-corrected chi connectivity index (χ4v) is 10.5. The zero-order valence-electron chi connectivity index (χ0n) is 32.9. The zero-order valence-corrected chi connectivity index (χ0v) is 32.9. The summed E-state index contributed by atoms with van der Waals surface area (Å²) in [5.41, 5.74) is 13.7. The van der Waals surface area contributed by atoms with Crippen LogP contribution in [0.3, 0.4) is 0 Å². The van der Waals surface area contributed by atoms with E-state index in [4.69, 9.17) is 0 Å². The van der Waals surface area contributed by atoms with Crippen LogP contribution < -0.4 is 0 Å². The van der Waals surface area contributed by atoms with Crippen LogP contribution in [-0.2, 0) is 6.42 Å². The number of para-hydroxylation sites is 3. The van der Waals surface area contributed by atoms with Crippen LogP contribution in [0.4, 0.5) is 0 Å². The first-order valence-corrected chi connectivity index (χ1v) is 21.1. The summed E-state index contributed by atoms with van der Waals surface area (Å²) >= 11 is 0. The maximum atomic E-state index is 2.50. The van der Waals surface area contributed by atoms with Crippen molar-refractivity contribution in [3.63, 3.8) is 0 Å². The topological polar surface area (TPSA) is 9.86 Å². The zero-order chi connectivity index (χ0) is 39.3. The molecule has 0 bridgehead atoms. The Bertz CT molecular complexity index is 3720. The molecule has 0 aliphatic heterocycles. The summed E-state index contributed by atoms with van der Waals surface area (Å²) < 4.78 is 4.95. The number of rotatable bonds is 4. The smallest absolute Gasteiger partial charge is 0.0541 e. The molecule has 0 saturated carbocycles. The molecule has 0 saturated heterocycles. The van der Waals surface area contributed by atoms with Crippen molar-refractivity contribution in [2.75, 3.05) is 0 Å². The predicted octanol–water partition coefficient (Wildman–Crippen LogP) is 15.6. The lowest BCUT2D eigenvalue weighted by Crippen LogP contribution is -2.01. The van der Waals surface area contributed by atoms with Crippen molar-refractivity contribution < 1.29 is 0 Å². The quantitative estimate of drug-likeness (QED) is 0.158. The van der Waals surface area contributed by atoms with Gasteiger partial charge >= 0.3 is 0 Å². The molecule has 0 unspecified atom stereocenters. The summed E-state index contributed by atoms with van der Waals surface area (Å²) in [4.78, 5) is 0. The van der Waals surface area contributed by atoms with E-state index in [1.807, 2.05) is 0 Å². The number of nitrogens with zero attached hydrogens (tertiary/aromatic N) is 2. The van der Waals surface area contributed by atoms with E-state index in [9.17, 15) is 0 Å². The highest BCUT2D eigenvalue weighted by Gasteiger charge is 2.23. The molecule has 13 rings (SSSR count). The fourth-order valence-electron chi connectivity index (χ4n) is 10.5. The van der Waals surface area contributed by atoms with E-state index in [1.54, 1.807) is 0 Å². The number of hydrogen-bond acceptors (Lipinski definition) is 0. The summed E-state index contributed by atoms with van der Waals surface area (Å²) in [6.45, 7) is 0. The average molecular weight is 763 g/mol. The predicted molar refractivity (Wildman–Crippen MR) is 256 cm³/mol. The Morgan fingerprint density at radius 1 is 0.350 bits per heavy atom. The van der Waals surface area contributed by atoms with Crippen molar-refractivity contribution >= 4 is 81.9 Å². The summed E-state index contributed by atoms with van der Waals surface area (Å²) in [6, 6.07) is 72.4. The van der Waals surface area contributed by atoms with Gasteiger partial charge in [-0.3, -0.25) is 0 Å². The first-order valence-electron chi connectivity index (χ1n) is 21.1. The summed E-state index contributed by atoms with van der Waals surface area (Å²) in [5, 5.41) is 13.8. The molecular formula is C58H38N2. The lowest BCUT2D eigenvalue weighted by molar-refractivity contribution is 0.968. The van der Waals surface area contributed by atoms with Crippen molar-refractivity contribution in [2.24, 2.45) is 0 Å². The Labute approximate surface area is 347 Å². The molecule has 2 heterocycles. The molecular weight excluding hydrogens is 725 g/mol. The minimum Gasteiger partial charge on any atom is -0.310 e. The lowest BCUT2D eigenvalue weighted by Gasteiger charge is -2.21. The van der Waals surface area contributed by atoms with Gasteiger partial charge < -0.3 is 9.13 Å². The molecule has 2 nitrogen and oxygen atoms in total. The minimum absolute atomic E-state index is 1.05. The van der Waals surface area contributed by atoms with Crippen LogP contribution in [0.2, 0.25) is 0 Å². The van der Waals surface area contributed by atoms with Gasteiger partial charge in [0.15, 0.2) is 0 Å². The van der Waals surface area contributed by atoms with E-state index >= 15 is 0 Å². The van der Waals surface area contributed by atoms with Crippen LogP contribution in [0.5, 0.6) is 0 Å². The second-order valence-electron chi connectivity index (χ2n) is 16.3. The van der Waals surface area contributed by atoms with E-state index in [-0.39, 0.29) is 0 Å². The van der Waals surface area contributed by atoms with Crippen molar-refractivity contribution in [3.8, 4) is 33.6 Å². The molecule has 0 N–H and O–H groups in total. The molecule has 0 radical (unpaired) electrons. The number of benzene rings is 10. The van der Waals surface area contributed by atoms with Gasteiger partial charge in [0, 0.05) is 33.2 Å². The van der Waals surface area contributed by atoms with Gasteiger partial charge in [0.25, 0.3) is 0 Å². The Morgan fingerprint density at radius 2 is 0.917 bits per heavy atom. The van der Waals surface area contributed by atoms with Gasteiger partial charge in [-0.05, 0) is 138 Å². The third kappa shape index (κ3) is 4.82. The van der Waals surface area contributed by atoms with Crippen LogP contribution in [0, 0.1) is 0 Å². The Morgan fingerprint density at radius 3 is 1.67 bits per heavy atom. The van der Waals surface area contributed by atoms with Crippen molar-refractivity contribution in [1.29, 1.82) is 0 Å². The standard InChI is InChI=1S/C58H38N2/c1-2-16-39-34-40(29-28-37(39)14-1)57-49-32-30-42(60-55-26-11-7-21-46(55)47-22-8-12-27-56(47)60)36-52(49)58(48-23-13-17-38-15-3-4-18-43(38)48)50-33-31-41(35-51(50)57)59-53-24-9-5-19-44(53)45-20-6-10-25-54(45)59/h1-5,7-19,21-36H,6,20H2. The maximum Gasteiger partial charge on any atom is 0.0541 e. The highest BCUT2D eigenvalue weighted by Crippen LogP contribution is 2.48. The minimum atomic E-state index is 1.05. The molecule has 0 spiro atoms. The van der Waals surface area contributed by atoms with Crippen molar-refractivity contribution in [1.82, 2.24) is 9.13 Å². The normalized spacial score (nSPS) is 12.8. The van der Waals surface area contributed by atoms with Crippen molar-refractivity contribution in [2.45, 2.75) is 12.8 Å². The number of allylic oxidation sites excluding steroid dienone is 1. The SMILES string of the molecule is C1=Cc2c(c3ccccc3n2-c2ccc3c(-c4cccc5ccccc45)c4cc(-n5c6ccccc6c6ccccc65)ccc4c(-c4ccc5ccccc5c4)c3c2)CC1. The van der Waals surface area contributed by atoms with Gasteiger partial charge in [0.1, 0.15) is 0 Å². The second kappa shape index (κ2) is 12.9. The maximum absolute atomic E-state index is 2.50. The molecule has 1 aliphatic rings. The Kier molecular flexibility index (Phi) is 7.17. The molecule has 2 aromatic heterocycles. The molecule has 10 aromatic carbocycles. The first kappa shape index (κ1) is 33.3. The molecule has 0 atom stereocenters. The molecule has 0 fully saturated rings. The van der Waals surface area contributed by atoms with E-state index < -0.39 is 0 Å². The summed E-state index contributed by atoms with van der Waals surface area (Å²) in [5.74, 6) is 0. The monoisotopic (exact) mass is 762 g/mol. The Hall–Kier alpha value is -7.68. The molecule has 0 amide bonds. The number of aryl methyl sites for hydroxylation is 1. The van der Waals surface area contributed by atoms with E-state index in [0.29, 0.717) is 0 Å². The van der Waals surface area contributed by atoms with Gasteiger partial charge in [0.05, 0.1) is 16.6 Å². The number of aromatic nitrogens is 2. The molecule has 2 heteroatoms. The van der Waals surface area contributed by atoms with Crippen molar-refractivity contribution in [3.05, 3.63) is 211 Å². The fraction of sp³-hybridized carbons (Fsp3) is 0.0345. The largest absolute Gasteiger partial charge is 0.310 e. The summed E-state index contributed by atoms with van der Waals surface area (Å²) in [6.07, 6.45) is 6.80. The molecule has 60 heavy (non-hydrogen) atoms. The van der Waals surface area contributed by atoms with Gasteiger partial charge in [0.2, 0.25) is 0 Å². The Balaban J connectivity index is 1.20.